The molecule has 4 aromatic rings. The Morgan fingerprint density at radius 2 is 1.91 bits per heavy atom. The van der Waals surface area contributed by atoms with Crippen LogP contribution in [0.2, 0.25) is 0 Å². The molecule has 3 heterocycles. The van der Waals surface area contributed by atoms with E-state index in [-0.39, 0.29) is 5.91 Å². The number of para-hydroxylation sites is 1. The zero-order chi connectivity index (χ0) is 22.9. The first kappa shape index (κ1) is 21.1. The molecule has 0 spiro atoms. The molecule has 0 radical (unpaired) electrons. The van der Waals surface area contributed by atoms with Crippen LogP contribution in [0, 0.1) is 13.8 Å². The normalized spacial score (nSPS) is 12.8. The summed E-state index contributed by atoms with van der Waals surface area (Å²) in [6.07, 6.45) is 2.79. The second-order valence-electron chi connectivity index (χ2n) is 8.48. The van der Waals surface area contributed by atoms with Crippen LogP contribution in [0.4, 0.5) is 0 Å². The minimum atomic E-state index is -0.00664. The van der Waals surface area contributed by atoms with Gasteiger partial charge in [-0.1, -0.05) is 24.3 Å². The highest BCUT2D eigenvalue weighted by Crippen LogP contribution is 2.31. The first-order valence-electron chi connectivity index (χ1n) is 11.2. The van der Waals surface area contributed by atoms with Gasteiger partial charge in [-0.2, -0.15) is 5.10 Å². The molecule has 0 unspecified atom stereocenters. The number of rotatable bonds is 6. The Kier molecular flexibility index (Phi) is 5.54. The second-order valence-corrected chi connectivity index (χ2v) is 8.48. The van der Waals surface area contributed by atoms with Crippen LogP contribution in [0.5, 0.6) is 11.5 Å². The first-order valence-corrected chi connectivity index (χ1v) is 11.2. The summed E-state index contributed by atoms with van der Waals surface area (Å²) in [4.78, 5) is 19.0. The number of aryl methyl sites for hydroxylation is 2. The maximum atomic E-state index is 13.7. The molecular formula is C26H28N4O3. The zero-order valence-corrected chi connectivity index (χ0v) is 19.2. The quantitative estimate of drug-likeness (QED) is 0.484. The largest absolute Gasteiger partial charge is 0.486 e. The third-order valence-corrected chi connectivity index (χ3v) is 6.32. The Labute approximate surface area is 192 Å². The summed E-state index contributed by atoms with van der Waals surface area (Å²) in [5.74, 6) is 1.48. The number of carbonyl (C=O) groups is 1. The summed E-state index contributed by atoms with van der Waals surface area (Å²) in [6.45, 7) is 5.99. The fourth-order valence-corrected chi connectivity index (χ4v) is 4.49. The molecule has 2 aromatic heterocycles. The smallest absolute Gasteiger partial charge is 0.257 e. The van der Waals surface area contributed by atoms with Gasteiger partial charge in [0.2, 0.25) is 0 Å². The maximum absolute atomic E-state index is 13.7. The zero-order valence-electron chi connectivity index (χ0n) is 19.2. The average Bonchev–Trinajstić information content (AvgIpc) is 3.35. The summed E-state index contributed by atoms with van der Waals surface area (Å²) in [6, 6.07) is 14.1. The van der Waals surface area contributed by atoms with E-state index in [4.69, 9.17) is 9.47 Å². The van der Waals surface area contributed by atoms with Crippen molar-refractivity contribution < 1.29 is 14.3 Å². The van der Waals surface area contributed by atoms with Crippen LogP contribution < -0.4 is 9.47 Å². The van der Waals surface area contributed by atoms with Gasteiger partial charge in [-0.3, -0.25) is 9.48 Å². The molecule has 33 heavy (non-hydrogen) atoms. The molecular weight excluding hydrogens is 416 g/mol. The maximum Gasteiger partial charge on any atom is 0.257 e. The lowest BCUT2D eigenvalue weighted by molar-refractivity contribution is 0.0743. The van der Waals surface area contributed by atoms with Gasteiger partial charge in [0.05, 0.1) is 11.3 Å². The standard InChI is InChI=1S/C26H28N4O3/c1-17-25(18(2)29(3)28-17)26(31)30(11-10-20-15-27-22-7-5-4-6-21(20)22)16-19-8-9-23-24(14-19)33-13-12-32-23/h4-9,14-15,27H,10-13,16H2,1-3H3. The van der Waals surface area contributed by atoms with Crippen molar-refractivity contribution in [3.05, 3.63) is 76.7 Å². The third-order valence-electron chi connectivity index (χ3n) is 6.32. The van der Waals surface area contributed by atoms with Gasteiger partial charge in [0, 0.05) is 42.9 Å². The molecule has 1 amide bonds. The van der Waals surface area contributed by atoms with Crippen molar-refractivity contribution in [1.29, 1.82) is 0 Å². The number of ether oxygens (including phenoxy) is 2. The van der Waals surface area contributed by atoms with Gasteiger partial charge >= 0.3 is 0 Å². The number of nitrogens with one attached hydrogen (secondary N) is 1. The monoisotopic (exact) mass is 444 g/mol. The number of amides is 1. The molecule has 0 saturated carbocycles. The van der Waals surface area contributed by atoms with E-state index in [1.54, 1.807) is 4.68 Å². The molecule has 0 fully saturated rings. The summed E-state index contributed by atoms with van der Waals surface area (Å²) in [5.41, 5.74) is 5.61. The average molecular weight is 445 g/mol. The Balaban J connectivity index is 1.44. The molecule has 0 aliphatic carbocycles. The number of hydrogen-bond donors (Lipinski definition) is 1. The highest BCUT2D eigenvalue weighted by atomic mass is 16.6. The van der Waals surface area contributed by atoms with Gasteiger partial charge in [0.1, 0.15) is 13.2 Å². The van der Waals surface area contributed by atoms with Gasteiger partial charge < -0.3 is 19.4 Å². The van der Waals surface area contributed by atoms with Crippen molar-refractivity contribution >= 4 is 16.8 Å². The Morgan fingerprint density at radius 1 is 1.12 bits per heavy atom. The molecule has 1 aliphatic heterocycles. The number of carbonyl (C=O) groups excluding carboxylic acids is 1. The van der Waals surface area contributed by atoms with Gasteiger partial charge in [-0.15, -0.1) is 0 Å². The summed E-state index contributed by atoms with van der Waals surface area (Å²) in [5, 5.41) is 5.65. The Bertz CT molecular complexity index is 1320. The van der Waals surface area contributed by atoms with E-state index >= 15 is 0 Å². The van der Waals surface area contributed by atoms with E-state index in [2.05, 4.69) is 22.2 Å². The number of aromatic amines is 1. The lowest BCUT2D eigenvalue weighted by Gasteiger charge is -2.25. The van der Waals surface area contributed by atoms with Crippen LogP contribution in [0.15, 0.2) is 48.7 Å². The molecule has 0 atom stereocenters. The van der Waals surface area contributed by atoms with Crippen molar-refractivity contribution in [3.63, 3.8) is 0 Å². The minimum Gasteiger partial charge on any atom is -0.486 e. The molecule has 7 heteroatoms. The predicted molar refractivity (Wildman–Crippen MR) is 127 cm³/mol. The van der Waals surface area contributed by atoms with Gasteiger partial charge in [-0.05, 0) is 49.6 Å². The lowest BCUT2D eigenvalue weighted by Crippen LogP contribution is -2.33. The van der Waals surface area contributed by atoms with E-state index in [0.717, 1.165) is 40.4 Å². The second kappa shape index (κ2) is 8.65. The molecule has 7 nitrogen and oxygen atoms in total. The highest BCUT2D eigenvalue weighted by molar-refractivity contribution is 5.96. The van der Waals surface area contributed by atoms with Crippen LogP contribution in [0.3, 0.4) is 0 Å². The van der Waals surface area contributed by atoms with Crippen molar-refractivity contribution in [2.45, 2.75) is 26.8 Å². The van der Waals surface area contributed by atoms with E-state index in [1.807, 2.05) is 62.3 Å². The number of aromatic nitrogens is 3. The highest BCUT2D eigenvalue weighted by Gasteiger charge is 2.24. The number of H-pyrrole nitrogens is 1. The van der Waals surface area contributed by atoms with E-state index < -0.39 is 0 Å². The van der Waals surface area contributed by atoms with Crippen LogP contribution in [-0.4, -0.2) is 45.3 Å². The van der Waals surface area contributed by atoms with Crippen molar-refractivity contribution in [3.8, 4) is 11.5 Å². The van der Waals surface area contributed by atoms with E-state index in [1.165, 1.54) is 10.9 Å². The van der Waals surface area contributed by atoms with Gasteiger partial charge in [-0.25, -0.2) is 0 Å². The lowest BCUT2D eigenvalue weighted by atomic mass is 10.1. The molecule has 1 N–H and O–H groups in total. The number of nitrogens with zero attached hydrogens (tertiary/aromatic N) is 3. The molecule has 0 saturated heterocycles. The molecule has 170 valence electrons. The van der Waals surface area contributed by atoms with Gasteiger partial charge in [0.25, 0.3) is 5.91 Å². The van der Waals surface area contributed by atoms with Crippen LogP contribution in [0.1, 0.15) is 32.9 Å². The molecule has 5 rings (SSSR count). The van der Waals surface area contributed by atoms with Crippen molar-refractivity contribution in [2.75, 3.05) is 19.8 Å². The fourth-order valence-electron chi connectivity index (χ4n) is 4.49. The van der Waals surface area contributed by atoms with E-state index in [0.29, 0.717) is 31.9 Å². The van der Waals surface area contributed by atoms with Crippen molar-refractivity contribution in [1.82, 2.24) is 19.7 Å². The molecule has 1 aliphatic rings. The Hall–Kier alpha value is -3.74. The SMILES string of the molecule is Cc1nn(C)c(C)c1C(=O)N(CCc1c[nH]c2ccccc12)Cc1ccc2c(c1)OCCO2. The fraction of sp³-hybridized carbons (Fsp3) is 0.308. The number of hydrogen-bond acceptors (Lipinski definition) is 4. The summed E-state index contributed by atoms with van der Waals surface area (Å²) < 4.78 is 13.2. The van der Waals surface area contributed by atoms with Crippen molar-refractivity contribution in [2.24, 2.45) is 7.05 Å². The predicted octanol–water partition coefficient (Wildman–Crippen LogP) is 4.17. The minimum absolute atomic E-state index is 0.00664. The first-order chi connectivity index (χ1) is 16.0. The summed E-state index contributed by atoms with van der Waals surface area (Å²) in [7, 11) is 1.87. The van der Waals surface area contributed by atoms with Crippen LogP contribution in [0.25, 0.3) is 10.9 Å². The number of fused-ring (bicyclic) bond motifs is 2. The number of benzene rings is 2. The topological polar surface area (TPSA) is 72.4 Å². The van der Waals surface area contributed by atoms with Crippen LogP contribution in [-0.2, 0) is 20.0 Å². The Morgan fingerprint density at radius 3 is 2.70 bits per heavy atom. The van der Waals surface area contributed by atoms with E-state index in [9.17, 15) is 4.79 Å². The van der Waals surface area contributed by atoms with Crippen LogP contribution >= 0.6 is 0 Å². The van der Waals surface area contributed by atoms with Gasteiger partial charge in [0.15, 0.2) is 11.5 Å². The molecule has 0 bridgehead atoms. The third kappa shape index (κ3) is 4.06. The summed E-state index contributed by atoms with van der Waals surface area (Å²) >= 11 is 0. The molecule has 2 aromatic carbocycles.